The minimum atomic E-state index is -6.69. The van der Waals surface area contributed by atoms with E-state index in [9.17, 15) is 48.7 Å². The first-order valence-electron chi connectivity index (χ1n) is 10.4. The molecule has 0 aliphatic heterocycles. The fraction of sp³-hybridized carbons (Fsp3) is 0.208. The Morgan fingerprint density at radius 1 is 0.795 bits per heavy atom. The highest BCUT2D eigenvalue weighted by molar-refractivity contribution is 9.10. The van der Waals surface area contributed by atoms with E-state index in [0.717, 1.165) is 6.07 Å². The molecule has 0 fully saturated rings. The van der Waals surface area contributed by atoms with Gasteiger partial charge in [-0.2, -0.15) is 39.5 Å². The number of benzene rings is 3. The Balaban J connectivity index is 2.09. The zero-order valence-corrected chi connectivity index (χ0v) is 20.7. The summed E-state index contributed by atoms with van der Waals surface area (Å²) in [6.45, 7) is 1.68. The molecule has 3 aromatic rings. The zero-order chi connectivity index (χ0) is 29.6. The van der Waals surface area contributed by atoms with Crippen molar-refractivity contribution in [1.29, 1.82) is 0 Å². The fourth-order valence-corrected chi connectivity index (χ4v) is 4.05. The number of carbonyl (C=O) groups excluding carboxylic acids is 1. The standard InChI is InChI=1S/C24H14BrF11N2O/c1-11-5-2-3-7-16(11)37-17-8-4-6-13(18(17)26)20(39)38-19-14(22(28,29)30)9-12(10-15(19)25)21(27,23(31,32)33)24(34,35)36/h2-10,37H,1H3,(H,38,39). The molecule has 0 bridgehead atoms. The molecule has 1 amide bonds. The maximum absolute atomic E-state index is 15.1. The number of alkyl halides is 10. The summed E-state index contributed by atoms with van der Waals surface area (Å²) in [6, 6.07) is 8.91. The van der Waals surface area contributed by atoms with Crippen LogP contribution in [0.2, 0.25) is 0 Å². The van der Waals surface area contributed by atoms with Crippen molar-refractivity contribution in [3.63, 3.8) is 0 Å². The van der Waals surface area contributed by atoms with Gasteiger partial charge in [-0.3, -0.25) is 4.79 Å². The van der Waals surface area contributed by atoms with Crippen LogP contribution in [0.3, 0.4) is 0 Å². The highest BCUT2D eigenvalue weighted by Crippen LogP contribution is 2.55. The Bertz CT molecular complexity index is 1380. The van der Waals surface area contributed by atoms with E-state index >= 15 is 4.39 Å². The molecule has 0 saturated heterocycles. The van der Waals surface area contributed by atoms with Gasteiger partial charge in [-0.1, -0.05) is 24.3 Å². The van der Waals surface area contributed by atoms with Gasteiger partial charge < -0.3 is 10.6 Å². The average Bonchev–Trinajstić information content (AvgIpc) is 2.80. The summed E-state index contributed by atoms with van der Waals surface area (Å²) >= 11 is 2.38. The van der Waals surface area contributed by atoms with E-state index in [-0.39, 0.29) is 11.8 Å². The molecule has 39 heavy (non-hydrogen) atoms. The lowest BCUT2D eigenvalue weighted by molar-refractivity contribution is -0.348. The molecule has 0 saturated carbocycles. The lowest BCUT2D eigenvalue weighted by Crippen LogP contribution is -2.50. The molecule has 3 aromatic carbocycles. The molecular formula is C24H14BrF11N2O. The number of aryl methyl sites for hydroxylation is 1. The van der Waals surface area contributed by atoms with Gasteiger partial charge >= 0.3 is 24.2 Å². The number of halogens is 12. The third kappa shape index (κ3) is 5.82. The van der Waals surface area contributed by atoms with Crippen LogP contribution in [0.5, 0.6) is 0 Å². The number of amides is 1. The molecule has 0 spiro atoms. The highest BCUT2D eigenvalue weighted by Gasteiger charge is 2.73. The van der Waals surface area contributed by atoms with Gasteiger partial charge in [-0.15, -0.1) is 0 Å². The van der Waals surface area contributed by atoms with Crippen molar-refractivity contribution in [2.45, 2.75) is 31.1 Å². The van der Waals surface area contributed by atoms with Crippen LogP contribution >= 0.6 is 15.9 Å². The number of nitrogens with one attached hydrogen (secondary N) is 2. The van der Waals surface area contributed by atoms with Crippen LogP contribution in [0.25, 0.3) is 0 Å². The first-order chi connectivity index (χ1) is 17.8. The van der Waals surface area contributed by atoms with Crippen molar-refractivity contribution < 1.29 is 53.1 Å². The lowest BCUT2D eigenvalue weighted by Gasteiger charge is -2.31. The van der Waals surface area contributed by atoms with E-state index in [1.807, 2.05) is 0 Å². The molecule has 0 atom stereocenters. The van der Waals surface area contributed by atoms with Crippen molar-refractivity contribution in [3.8, 4) is 0 Å². The van der Waals surface area contributed by atoms with E-state index < -0.39 is 68.8 Å². The molecular weight excluding hydrogens is 621 g/mol. The second-order valence-corrected chi connectivity index (χ2v) is 8.95. The van der Waals surface area contributed by atoms with E-state index in [1.165, 1.54) is 12.1 Å². The number of hydrogen-bond donors (Lipinski definition) is 2. The number of para-hydroxylation sites is 1. The second-order valence-electron chi connectivity index (χ2n) is 8.09. The van der Waals surface area contributed by atoms with Crippen LogP contribution in [0, 0.1) is 12.7 Å². The van der Waals surface area contributed by atoms with Gasteiger partial charge in [-0.25, -0.2) is 8.78 Å². The van der Waals surface area contributed by atoms with E-state index in [2.05, 4.69) is 21.2 Å². The summed E-state index contributed by atoms with van der Waals surface area (Å²) in [6.07, 6.45) is -19.1. The fourth-order valence-electron chi connectivity index (χ4n) is 3.49. The highest BCUT2D eigenvalue weighted by atomic mass is 79.9. The van der Waals surface area contributed by atoms with Crippen molar-refractivity contribution in [2.24, 2.45) is 0 Å². The molecule has 0 heterocycles. The Morgan fingerprint density at radius 3 is 1.90 bits per heavy atom. The van der Waals surface area contributed by atoms with Crippen LogP contribution in [-0.4, -0.2) is 18.3 Å². The maximum Gasteiger partial charge on any atom is 0.435 e. The summed E-state index contributed by atoms with van der Waals surface area (Å²) in [5.41, 5.74) is -12.2. The van der Waals surface area contributed by atoms with Gasteiger partial charge in [-0.05, 0) is 58.7 Å². The van der Waals surface area contributed by atoms with Crippen LogP contribution in [0.1, 0.15) is 27.0 Å². The molecule has 0 aliphatic rings. The molecule has 2 N–H and O–H groups in total. The normalized spacial score (nSPS) is 12.8. The zero-order valence-electron chi connectivity index (χ0n) is 19.1. The maximum atomic E-state index is 15.1. The smallest absolute Gasteiger partial charge is 0.353 e. The molecule has 3 rings (SSSR count). The SMILES string of the molecule is Cc1ccccc1Nc1cccc(C(=O)Nc2c(Br)cc(C(F)(C(F)(F)F)C(F)(F)F)cc2C(F)(F)F)c1F. The predicted molar refractivity (Wildman–Crippen MR) is 123 cm³/mol. The van der Waals surface area contributed by atoms with Crippen LogP contribution in [0.4, 0.5) is 65.4 Å². The van der Waals surface area contributed by atoms with Crippen LogP contribution in [-0.2, 0) is 11.8 Å². The van der Waals surface area contributed by atoms with Gasteiger partial charge in [0.05, 0.1) is 22.5 Å². The van der Waals surface area contributed by atoms with E-state index in [4.69, 9.17) is 0 Å². The van der Waals surface area contributed by atoms with Crippen molar-refractivity contribution in [1.82, 2.24) is 0 Å². The van der Waals surface area contributed by atoms with Crippen molar-refractivity contribution >= 4 is 38.9 Å². The summed E-state index contributed by atoms with van der Waals surface area (Å²) in [7, 11) is 0. The summed E-state index contributed by atoms with van der Waals surface area (Å²) in [5, 5.41) is 4.34. The van der Waals surface area contributed by atoms with E-state index in [0.29, 0.717) is 11.3 Å². The number of rotatable bonds is 5. The van der Waals surface area contributed by atoms with Crippen molar-refractivity contribution in [2.75, 3.05) is 10.6 Å². The lowest BCUT2D eigenvalue weighted by atomic mass is 9.92. The number of anilines is 3. The third-order valence-electron chi connectivity index (χ3n) is 5.47. The second kappa shape index (κ2) is 10.3. The molecule has 15 heteroatoms. The quantitative estimate of drug-likeness (QED) is 0.275. The molecule has 0 aliphatic carbocycles. The Hall–Kier alpha value is -3.36. The topological polar surface area (TPSA) is 41.1 Å². The van der Waals surface area contributed by atoms with Crippen LogP contribution in [0.15, 0.2) is 59.1 Å². The first kappa shape index (κ1) is 30.2. The molecule has 210 valence electrons. The van der Waals surface area contributed by atoms with Gasteiger partial charge in [0.15, 0.2) is 5.82 Å². The third-order valence-corrected chi connectivity index (χ3v) is 6.10. The molecule has 0 radical (unpaired) electrons. The van der Waals surface area contributed by atoms with E-state index in [1.54, 1.807) is 36.5 Å². The van der Waals surface area contributed by atoms with Crippen molar-refractivity contribution in [3.05, 3.63) is 87.1 Å². The number of hydrogen-bond acceptors (Lipinski definition) is 2. The minimum absolute atomic E-state index is 0.196. The monoisotopic (exact) mass is 634 g/mol. The molecule has 0 unspecified atom stereocenters. The minimum Gasteiger partial charge on any atom is -0.353 e. The van der Waals surface area contributed by atoms with Crippen LogP contribution < -0.4 is 10.6 Å². The van der Waals surface area contributed by atoms with Gasteiger partial charge in [0, 0.05) is 15.7 Å². The average molecular weight is 635 g/mol. The largest absolute Gasteiger partial charge is 0.435 e. The molecule has 3 nitrogen and oxygen atoms in total. The van der Waals surface area contributed by atoms with Gasteiger partial charge in [0.1, 0.15) is 0 Å². The first-order valence-corrected chi connectivity index (χ1v) is 11.2. The van der Waals surface area contributed by atoms with Gasteiger partial charge in [0.25, 0.3) is 5.91 Å². The summed E-state index contributed by atoms with van der Waals surface area (Å²) in [4.78, 5) is 12.7. The Kier molecular flexibility index (Phi) is 7.99. The Morgan fingerprint density at radius 2 is 1.36 bits per heavy atom. The Labute approximate surface area is 221 Å². The summed E-state index contributed by atoms with van der Waals surface area (Å²) < 4.78 is 148. The molecule has 0 aromatic heterocycles. The van der Waals surface area contributed by atoms with Gasteiger partial charge in [0.2, 0.25) is 0 Å². The predicted octanol–water partition coefficient (Wildman–Crippen LogP) is 9.20. The number of carbonyl (C=O) groups is 1. The summed E-state index contributed by atoms with van der Waals surface area (Å²) in [5.74, 6) is -2.76.